The number of carboxylic acid groups (broad SMARTS) is 1. The fraction of sp³-hybridized carbons (Fsp3) is 0.471. The Hall–Kier alpha value is -6.20. The first-order chi connectivity index (χ1) is 34.3. The van der Waals surface area contributed by atoms with Gasteiger partial charge < -0.3 is 19.5 Å². The highest BCUT2D eigenvalue weighted by molar-refractivity contribution is 6.32. The predicted molar refractivity (Wildman–Crippen MR) is 263 cm³/mol. The number of rotatable bonds is 13. The fourth-order valence-electron chi connectivity index (χ4n) is 10.3. The molecule has 6 heterocycles. The minimum absolute atomic E-state index is 0.222. The van der Waals surface area contributed by atoms with Crippen molar-refractivity contribution >= 4 is 58.0 Å². The number of alkyl halides is 4. The van der Waals surface area contributed by atoms with Crippen LogP contribution in [0.25, 0.3) is 11.0 Å². The second-order valence-electron chi connectivity index (χ2n) is 19.4. The fourth-order valence-corrected chi connectivity index (χ4v) is 10.6. The predicted octanol–water partition coefficient (Wildman–Crippen LogP) is 7.36. The number of carbonyl (C=O) groups is 3. The Balaban J connectivity index is 0.000000923. The molecule has 0 saturated carbocycles. The summed E-state index contributed by atoms with van der Waals surface area (Å²) in [6.07, 6.45) is 1.93. The molecule has 4 aliphatic rings. The number of piperidine rings is 3. The average molecular weight is 1030 g/mol. The number of aliphatic carboxylic acids is 1. The van der Waals surface area contributed by atoms with Crippen LogP contribution in [-0.4, -0.2) is 116 Å². The van der Waals surface area contributed by atoms with Crippen molar-refractivity contribution in [3.8, 4) is 17.6 Å². The summed E-state index contributed by atoms with van der Waals surface area (Å²) in [5.74, 6) is -1.32. The van der Waals surface area contributed by atoms with Crippen molar-refractivity contribution in [1.82, 2.24) is 34.2 Å². The molecule has 4 aliphatic heterocycles. The number of anilines is 1. The average Bonchev–Trinajstić information content (AvgIpc) is 3.60. The summed E-state index contributed by atoms with van der Waals surface area (Å²) in [6, 6.07) is 21.6. The lowest BCUT2D eigenvalue weighted by Crippen LogP contribution is -2.61. The minimum atomic E-state index is -5.08. The zero-order chi connectivity index (χ0) is 51.5. The van der Waals surface area contributed by atoms with Crippen LogP contribution in [0.15, 0.2) is 71.7 Å². The molecule has 0 bridgehead atoms. The zero-order valence-corrected chi connectivity index (χ0v) is 41.7. The number of aryl methyl sites for hydroxylation is 1. The van der Waals surface area contributed by atoms with E-state index in [1.807, 2.05) is 60.8 Å². The molecule has 72 heavy (non-hydrogen) atoms. The number of para-hydroxylation sites is 1. The Bertz CT molecular complexity index is 2920. The number of imidazole rings is 1. The Morgan fingerprint density at radius 1 is 0.972 bits per heavy atom. The number of nitrogens with zero attached hydrogens (tertiary/aromatic N) is 8. The summed E-state index contributed by atoms with van der Waals surface area (Å²) in [6.45, 7) is 11.6. The van der Waals surface area contributed by atoms with Crippen molar-refractivity contribution in [2.24, 2.45) is 12.5 Å². The minimum Gasteiger partial charge on any atom is -0.489 e. The second kappa shape index (κ2) is 21.5. The van der Waals surface area contributed by atoms with E-state index in [4.69, 9.17) is 47.6 Å². The van der Waals surface area contributed by atoms with Gasteiger partial charge in [-0.15, -0.1) is 11.6 Å². The summed E-state index contributed by atoms with van der Waals surface area (Å²) in [7, 11) is 1.77. The molecule has 9 rings (SSSR count). The van der Waals surface area contributed by atoms with Crippen LogP contribution in [0.4, 0.5) is 19.1 Å². The van der Waals surface area contributed by atoms with Crippen LogP contribution in [0.2, 0.25) is 5.02 Å². The highest BCUT2D eigenvalue weighted by Crippen LogP contribution is 2.43. The summed E-state index contributed by atoms with van der Waals surface area (Å²) in [5.41, 5.74) is 5.48. The molecule has 382 valence electrons. The number of amides is 2. The molecule has 3 aromatic carbocycles. The van der Waals surface area contributed by atoms with Crippen LogP contribution in [0, 0.1) is 16.7 Å². The molecule has 21 heteroatoms. The van der Waals surface area contributed by atoms with Crippen molar-refractivity contribution in [2.75, 3.05) is 56.7 Å². The van der Waals surface area contributed by atoms with Crippen molar-refractivity contribution in [3.63, 3.8) is 0 Å². The zero-order valence-electron chi connectivity index (χ0n) is 40.2. The quantitative estimate of drug-likeness (QED) is 0.0881. The summed E-state index contributed by atoms with van der Waals surface area (Å²) in [4.78, 5) is 63.8. The highest BCUT2D eigenvalue weighted by Gasteiger charge is 2.42. The molecule has 0 radical (unpaired) electrons. The first kappa shape index (κ1) is 52.1. The van der Waals surface area contributed by atoms with E-state index in [-0.39, 0.29) is 24.6 Å². The third kappa shape index (κ3) is 11.2. The molecule has 2 N–H and O–H groups in total. The molecule has 4 saturated heterocycles. The molecule has 2 aromatic heterocycles. The van der Waals surface area contributed by atoms with Crippen molar-refractivity contribution in [1.29, 1.82) is 5.26 Å². The van der Waals surface area contributed by atoms with Crippen molar-refractivity contribution < 1.29 is 42.1 Å². The largest absolute Gasteiger partial charge is 0.490 e. The van der Waals surface area contributed by atoms with Gasteiger partial charge in [0.15, 0.2) is 5.75 Å². The van der Waals surface area contributed by atoms with Crippen molar-refractivity contribution in [3.05, 3.63) is 110 Å². The molecule has 1 spiro atoms. The number of likely N-dealkylation sites (tertiary alicyclic amines) is 2. The molecular formula is C51H56Cl2F3N9O7. The number of hydrogen-bond donors (Lipinski definition) is 2. The van der Waals surface area contributed by atoms with Crippen LogP contribution >= 0.6 is 23.2 Å². The lowest BCUT2D eigenvalue weighted by molar-refractivity contribution is -0.192. The van der Waals surface area contributed by atoms with Gasteiger partial charge in [-0.1, -0.05) is 49.7 Å². The smallest absolute Gasteiger partial charge is 0.489 e. The maximum absolute atomic E-state index is 13.4. The molecule has 2 amide bonds. The van der Waals surface area contributed by atoms with E-state index < -0.39 is 29.5 Å². The van der Waals surface area contributed by atoms with Crippen LogP contribution in [-0.2, 0) is 40.0 Å². The number of aromatic nitrogens is 4. The Kier molecular flexibility index (Phi) is 15.6. The number of ether oxygens (including phenoxy) is 2. The third-order valence-electron chi connectivity index (χ3n) is 14.6. The normalized spacial score (nSPS) is 18.8. The molecule has 4 fully saturated rings. The van der Waals surface area contributed by atoms with E-state index in [0.717, 1.165) is 104 Å². The van der Waals surface area contributed by atoms with Crippen molar-refractivity contribution in [2.45, 2.75) is 89.2 Å². The standard InChI is InChI=1S/C49H55Cl2N9O5.C2HF3O2/c1-48(2,35-25-33(27-52)44(39(51)26-35)64-24-18-50)34-7-9-38(10-8-34)65-31-36-13-19-53-46(54-36)59-22-16-49(17-23-59)14-20-58(21-15-49)37-29-57(30-37)28-32-5-4-6-40-43(32)56(3)47(63)60(40)41-11-12-42(61)55-45(41)62;3-2(4,5)1(6)7/h4-10,13,19,25-26,37,41H,11-12,14-18,20-24,28-31H2,1-3H3,(H,55,61,62);(H,6,7). The van der Waals surface area contributed by atoms with Gasteiger partial charge >= 0.3 is 17.8 Å². The molecule has 1 atom stereocenters. The summed E-state index contributed by atoms with van der Waals surface area (Å²) in [5, 5.41) is 19.7. The van der Waals surface area contributed by atoms with E-state index in [0.29, 0.717) is 46.7 Å². The number of carbonyl (C=O) groups excluding carboxylic acids is 2. The van der Waals surface area contributed by atoms with Gasteiger partial charge in [0.25, 0.3) is 0 Å². The topological polar surface area (TPSA) is 188 Å². The number of nitriles is 1. The lowest BCUT2D eigenvalue weighted by atomic mass is 9.71. The maximum atomic E-state index is 13.4. The Morgan fingerprint density at radius 3 is 2.29 bits per heavy atom. The first-order valence-corrected chi connectivity index (χ1v) is 24.7. The Labute approximate surface area is 424 Å². The second-order valence-corrected chi connectivity index (χ2v) is 20.2. The molecule has 0 aliphatic carbocycles. The van der Waals surface area contributed by atoms with Crippen LogP contribution in [0.5, 0.6) is 11.5 Å². The van der Waals surface area contributed by atoms with Gasteiger partial charge in [-0.25, -0.2) is 19.6 Å². The van der Waals surface area contributed by atoms with Gasteiger partial charge in [-0.2, -0.15) is 18.4 Å². The van der Waals surface area contributed by atoms with E-state index >= 15 is 0 Å². The van der Waals surface area contributed by atoms with Gasteiger partial charge in [-0.3, -0.25) is 33.8 Å². The maximum Gasteiger partial charge on any atom is 0.490 e. The van der Waals surface area contributed by atoms with Gasteiger partial charge in [0.2, 0.25) is 17.8 Å². The highest BCUT2D eigenvalue weighted by atomic mass is 35.5. The van der Waals surface area contributed by atoms with E-state index in [2.05, 4.69) is 51.0 Å². The number of benzene rings is 3. The number of fused-ring (bicyclic) bond motifs is 1. The number of imide groups is 1. The lowest BCUT2D eigenvalue weighted by Gasteiger charge is -2.52. The summed E-state index contributed by atoms with van der Waals surface area (Å²) < 4.78 is 46.8. The van der Waals surface area contributed by atoms with Gasteiger partial charge in [0, 0.05) is 63.8 Å². The monoisotopic (exact) mass is 1030 g/mol. The molecule has 1 unspecified atom stereocenters. The molecular weight excluding hydrogens is 979 g/mol. The SMILES string of the molecule is Cn1c(=O)n(C2CCC(=O)NC2=O)c2cccc(CN3CC(N4CCC5(CCN(c6nccc(COc7ccc(C(C)(C)c8cc(Cl)c(OCCCl)c(C#N)c8)cc7)n6)CC5)CC4)C3)c21.O=C(O)C(F)(F)F. The van der Waals surface area contributed by atoms with Gasteiger partial charge in [0.05, 0.1) is 33.2 Å². The number of nitrogens with one attached hydrogen (secondary N) is 1. The summed E-state index contributed by atoms with van der Waals surface area (Å²) >= 11 is 12.4. The van der Waals surface area contributed by atoms with Crippen LogP contribution < -0.4 is 25.4 Å². The molecule has 16 nitrogen and oxygen atoms in total. The van der Waals surface area contributed by atoms with E-state index in [1.165, 1.54) is 12.8 Å². The van der Waals surface area contributed by atoms with Crippen LogP contribution in [0.1, 0.15) is 86.4 Å². The first-order valence-electron chi connectivity index (χ1n) is 23.8. The van der Waals surface area contributed by atoms with E-state index in [9.17, 15) is 32.8 Å². The van der Waals surface area contributed by atoms with Gasteiger partial charge in [0.1, 0.15) is 31.1 Å². The molecule has 5 aromatic rings. The van der Waals surface area contributed by atoms with Gasteiger partial charge in [-0.05, 0) is 104 Å². The Morgan fingerprint density at radius 2 is 1.65 bits per heavy atom. The number of carboxylic acids is 1. The third-order valence-corrected chi connectivity index (χ3v) is 15.1. The number of halogens is 5. The van der Waals surface area contributed by atoms with E-state index in [1.54, 1.807) is 16.2 Å². The number of hydrogen-bond acceptors (Lipinski definition) is 12. The van der Waals surface area contributed by atoms with Crippen LogP contribution in [0.3, 0.4) is 0 Å².